The number of pyridine rings is 1. The van der Waals surface area contributed by atoms with E-state index in [2.05, 4.69) is 25.0 Å². The zero-order chi connectivity index (χ0) is 16.8. The monoisotopic (exact) mass is 324 g/mol. The van der Waals surface area contributed by atoms with Gasteiger partial charge >= 0.3 is 0 Å². The lowest BCUT2D eigenvalue weighted by atomic mass is 10.1. The lowest BCUT2D eigenvalue weighted by molar-refractivity contribution is 0.0927. The van der Waals surface area contributed by atoms with Gasteiger partial charge in [-0.05, 0) is 26.3 Å². The lowest BCUT2D eigenvalue weighted by Crippen LogP contribution is -2.40. The third-order valence-corrected chi connectivity index (χ3v) is 4.57. The molecular weight excluding hydrogens is 304 g/mol. The van der Waals surface area contributed by atoms with Crippen molar-refractivity contribution in [3.63, 3.8) is 0 Å². The van der Waals surface area contributed by atoms with Crippen molar-refractivity contribution in [3.05, 3.63) is 41.2 Å². The van der Waals surface area contributed by atoms with Crippen LogP contribution in [0.1, 0.15) is 34.0 Å². The van der Waals surface area contributed by atoms with Crippen LogP contribution in [0.2, 0.25) is 0 Å². The summed E-state index contributed by atoms with van der Waals surface area (Å²) in [5, 5.41) is 8.39. The number of hydrogen-bond donors (Lipinski definition) is 1. The molecule has 0 aliphatic carbocycles. The van der Waals surface area contributed by atoms with Crippen molar-refractivity contribution in [3.8, 4) is 0 Å². The Morgan fingerprint density at radius 1 is 1.38 bits per heavy atom. The van der Waals surface area contributed by atoms with Crippen LogP contribution < -0.4 is 5.32 Å². The first kappa shape index (κ1) is 14.9. The average Bonchev–Trinajstić information content (AvgIpc) is 3.06. The van der Waals surface area contributed by atoms with Gasteiger partial charge in [-0.3, -0.25) is 9.48 Å². The fourth-order valence-corrected chi connectivity index (χ4v) is 3.40. The van der Waals surface area contributed by atoms with E-state index in [4.69, 9.17) is 0 Å². The molecule has 0 spiro atoms. The van der Waals surface area contributed by atoms with Crippen LogP contribution in [0.5, 0.6) is 0 Å². The summed E-state index contributed by atoms with van der Waals surface area (Å²) >= 11 is 0. The van der Waals surface area contributed by atoms with Crippen molar-refractivity contribution in [1.29, 1.82) is 0 Å². The van der Waals surface area contributed by atoms with Crippen molar-refractivity contribution in [1.82, 2.24) is 29.6 Å². The van der Waals surface area contributed by atoms with Crippen molar-refractivity contribution >= 4 is 16.9 Å². The average molecular weight is 324 g/mol. The zero-order valence-corrected chi connectivity index (χ0v) is 14.1. The van der Waals surface area contributed by atoms with E-state index >= 15 is 0 Å². The Bertz CT molecular complexity index is 938. The molecule has 3 aromatic heterocycles. The molecule has 4 rings (SSSR count). The van der Waals surface area contributed by atoms with Gasteiger partial charge in [0.1, 0.15) is 5.82 Å². The molecule has 0 saturated heterocycles. The van der Waals surface area contributed by atoms with E-state index in [9.17, 15) is 4.79 Å². The third-order valence-electron chi connectivity index (χ3n) is 4.57. The number of aromatic nitrogens is 5. The van der Waals surface area contributed by atoms with Gasteiger partial charge in [0.05, 0.1) is 17.0 Å². The molecule has 0 saturated carbocycles. The molecule has 7 nitrogen and oxygen atoms in total. The maximum absolute atomic E-state index is 12.6. The summed E-state index contributed by atoms with van der Waals surface area (Å²) in [5.41, 5.74) is 3.27. The molecule has 0 radical (unpaired) electrons. The number of fused-ring (bicyclic) bond motifs is 2. The number of nitrogens with zero attached hydrogens (tertiary/aromatic N) is 5. The van der Waals surface area contributed by atoms with E-state index in [0.29, 0.717) is 5.56 Å². The topological polar surface area (TPSA) is 77.6 Å². The van der Waals surface area contributed by atoms with Crippen molar-refractivity contribution in [2.45, 2.75) is 39.3 Å². The highest BCUT2D eigenvalue weighted by Gasteiger charge is 2.22. The van der Waals surface area contributed by atoms with Gasteiger partial charge in [-0.25, -0.2) is 9.97 Å². The highest BCUT2D eigenvalue weighted by molar-refractivity contribution is 5.97. The predicted octanol–water partition coefficient (Wildman–Crippen LogP) is 1.53. The van der Waals surface area contributed by atoms with Gasteiger partial charge in [0.25, 0.3) is 5.91 Å². The predicted molar refractivity (Wildman–Crippen MR) is 89.8 cm³/mol. The van der Waals surface area contributed by atoms with E-state index in [1.54, 1.807) is 10.9 Å². The quantitative estimate of drug-likeness (QED) is 0.775. The normalized spacial score (nSPS) is 17.0. The van der Waals surface area contributed by atoms with E-state index in [-0.39, 0.29) is 11.9 Å². The highest BCUT2D eigenvalue weighted by atomic mass is 16.1. The summed E-state index contributed by atoms with van der Waals surface area (Å²) in [6, 6.07) is 1.99. The first-order chi connectivity index (χ1) is 11.5. The Kier molecular flexibility index (Phi) is 3.37. The zero-order valence-electron chi connectivity index (χ0n) is 14.1. The maximum atomic E-state index is 12.6. The Morgan fingerprint density at radius 2 is 2.21 bits per heavy atom. The summed E-state index contributed by atoms with van der Waals surface area (Å²) in [5.74, 6) is 1.02. The Balaban J connectivity index is 1.53. The van der Waals surface area contributed by atoms with Crippen LogP contribution in [0.15, 0.2) is 18.5 Å². The summed E-state index contributed by atoms with van der Waals surface area (Å²) in [6.07, 6.45) is 5.45. The summed E-state index contributed by atoms with van der Waals surface area (Å²) in [7, 11) is 1.86. The van der Waals surface area contributed by atoms with E-state index in [0.717, 1.165) is 47.6 Å². The molecular formula is C17H20N6O. The Morgan fingerprint density at radius 3 is 3.04 bits per heavy atom. The molecule has 0 aromatic carbocycles. The third kappa shape index (κ3) is 2.46. The number of carbonyl (C=O) groups excluding carboxylic acids is 1. The minimum absolute atomic E-state index is 0.0852. The molecule has 0 unspecified atom stereocenters. The summed E-state index contributed by atoms with van der Waals surface area (Å²) in [6.45, 7) is 4.69. The van der Waals surface area contributed by atoms with Crippen molar-refractivity contribution < 1.29 is 4.79 Å². The van der Waals surface area contributed by atoms with Crippen LogP contribution in [-0.2, 0) is 20.0 Å². The minimum atomic E-state index is -0.0852. The van der Waals surface area contributed by atoms with Crippen LogP contribution in [0.4, 0.5) is 0 Å². The first-order valence-electron chi connectivity index (χ1n) is 8.14. The molecule has 1 aliphatic rings. The molecule has 1 N–H and O–H groups in total. The fraction of sp³-hybridized carbons (Fsp3) is 0.412. The number of nitrogens with one attached hydrogen (secondary N) is 1. The lowest BCUT2D eigenvalue weighted by Gasteiger charge is -2.24. The standard InChI is InChI=1S/C17H20N6O/c1-10-8-23-9-13(4-5-15(23)19-10)20-17(24)12-6-14-11(2)21-22(3)16(14)18-7-12/h6-8,13H,4-5,9H2,1-3H3,(H,20,24)/t13-/m1/s1. The molecule has 0 bridgehead atoms. The minimum Gasteiger partial charge on any atom is -0.347 e. The SMILES string of the molecule is Cc1cn2c(n1)CC[C@@H](NC(=O)c1cnc3c(c1)c(C)nn3C)C2. The van der Waals surface area contributed by atoms with Crippen LogP contribution in [0, 0.1) is 13.8 Å². The fourth-order valence-electron chi connectivity index (χ4n) is 3.40. The number of amides is 1. The molecule has 24 heavy (non-hydrogen) atoms. The van der Waals surface area contributed by atoms with Crippen molar-refractivity contribution in [2.24, 2.45) is 7.05 Å². The molecule has 4 heterocycles. The summed E-state index contributed by atoms with van der Waals surface area (Å²) in [4.78, 5) is 21.5. The number of hydrogen-bond acceptors (Lipinski definition) is 4. The molecule has 1 amide bonds. The van der Waals surface area contributed by atoms with E-state index in [1.807, 2.05) is 33.2 Å². The number of rotatable bonds is 2. The van der Waals surface area contributed by atoms with Gasteiger partial charge in [-0.2, -0.15) is 5.10 Å². The molecule has 124 valence electrons. The Labute approximate surface area is 139 Å². The first-order valence-corrected chi connectivity index (χ1v) is 8.14. The molecule has 7 heteroatoms. The van der Waals surface area contributed by atoms with Gasteiger partial charge in [0.2, 0.25) is 0 Å². The van der Waals surface area contributed by atoms with Crippen LogP contribution >= 0.6 is 0 Å². The van der Waals surface area contributed by atoms with Crippen LogP contribution in [-0.4, -0.2) is 36.3 Å². The van der Waals surface area contributed by atoms with Crippen molar-refractivity contribution in [2.75, 3.05) is 0 Å². The highest BCUT2D eigenvalue weighted by Crippen LogP contribution is 2.18. The van der Waals surface area contributed by atoms with Gasteiger partial charge in [-0.1, -0.05) is 0 Å². The largest absolute Gasteiger partial charge is 0.347 e. The molecule has 1 aliphatic heterocycles. The maximum Gasteiger partial charge on any atom is 0.253 e. The second-order valence-electron chi connectivity index (χ2n) is 6.46. The van der Waals surface area contributed by atoms with Gasteiger partial charge in [-0.15, -0.1) is 0 Å². The van der Waals surface area contributed by atoms with Crippen LogP contribution in [0.25, 0.3) is 11.0 Å². The molecule has 1 atom stereocenters. The number of imidazole rings is 1. The second-order valence-corrected chi connectivity index (χ2v) is 6.46. The van der Waals surface area contributed by atoms with Gasteiger partial charge in [0, 0.05) is 43.8 Å². The van der Waals surface area contributed by atoms with Crippen LogP contribution in [0.3, 0.4) is 0 Å². The summed E-state index contributed by atoms with van der Waals surface area (Å²) < 4.78 is 3.87. The molecule has 3 aromatic rings. The van der Waals surface area contributed by atoms with Gasteiger partial charge in [0.15, 0.2) is 5.65 Å². The Hall–Kier alpha value is -2.70. The van der Waals surface area contributed by atoms with E-state index < -0.39 is 0 Å². The van der Waals surface area contributed by atoms with E-state index in [1.165, 1.54) is 0 Å². The molecule has 0 fully saturated rings. The number of aryl methyl sites for hydroxylation is 4. The second kappa shape index (κ2) is 5.43. The van der Waals surface area contributed by atoms with Gasteiger partial charge < -0.3 is 9.88 Å². The smallest absolute Gasteiger partial charge is 0.253 e. The number of carbonyl (C=O) groups is 1.